The van der Waals surface area contributed by atoms with Crippen LogP contribution in [-0.2, 0) is 4.79 Å². The third kappa shape index (κ3) is 3.14. The van der Waals surface area contributed by atoms with E-state index in [2.05, 4.69) is 19.2 Å². The van der Waals surface area contributed by atoms with Crippen molar-refractivity contribution in [3.8, 4) is 5.75 Å². The van der Waals surface area contributed by atoms with E-state index < -0.39 is 22.3 Å². The summed E-state index contributed by atoms with van der Waals surface area (Å²) in [4.78, 5) is 24.4. The van der Waals surface area contributed by atoms with Gasteiger partial charge < -0.3 is 10.4 Å². The Morgan fingerprint density at radius 3 is 2.66 bits per heavy atom. The molecule has 1 aliphatic heterocycles. The normalized spacial score (nSPS) is 19.3. The smallest absolute Gasteiger partial charge is 0.311 e. The van der Waals surface area contributed by atoms with E-state index in [0.717, 1.165) is 27.7 Å². The van der Waals surface area contributed by atoms with Gasteiger partial charge in [-0.05, 0) is 39.8 Å². The zero-order valence-corrected chi connectivity index (χ0v) is 18.4. The second-order valence-electron chi connectivity index (χ2n) is 9.26. The van der Waals surface area contributed by atoms with Crippen LogP contribution in [0, 0.1) is 15.5 Å². The number of hydrogen-bond donors (Lipinski definition) is 2. The first-order valence-electron chi connectivity index (χ1n) is 10.4. The van der Waals surface area contributed by atoms with Crippen LogP contribution in [0.4, 0.5) is 11.4 Å². The molecule has 0 amide bonds. The van der Waals surface area contributed by atoms with Gasteiger partial charge in [-0.15, -0.1) is 0 Å². The summed E-state index contributed by atoms with van der Waals surface area (Å²) < 4.78 is 0. The molecule has 0 saturated carbocycles. The Labute approximate surface area is 189 Å². The summed E-state index contributed by atoms with van der Waals surface area (Å²) in [6.45, 7) is 4.11. The van der Waals surface area contributed by atoms with Gasteiger partial charge in [0.05, 0.1) is 4.92 Å². The topological polar surface area (TPSA) is 92.5 Å². The first-order valence-corrected chi connectivity index (χ1v) is 10.8. The van der Waals surface area contributed by atoms with Crippen molar-refractivity contribution < 1.29 is 14.8 Å². The fourth-order valence-electron chi connectivity index (χ4n) is 5.05. The second-order valence-corrected chi connectivity index (χ2v) is 9.67. The van der Waals surface area contributed by atoms with E-state index in [1.807, 2.05) is 36.4 Å². The Morgan fingerprint density at radius 2 is 1.91 bits per heavy atom. The molecule has 0 fully saturated rings. The predicted octanol–water partition coefficient (Wildman–Crippen LogP) is 6.31. The minimum atomic E-state index is -0.638. The Morgan fingerprint density at radius 1 is 1.16 bits per heavy atom. The largest absolute Gasteiger partial charge is 0.502 e. The standard InChI is InChI=1S/C25H21ClN2O4/c1-25(2)11-18-24(21(30)12-25)23(15-9-19(28(31)32)20(29)10-16(15)26)22-14-6-4-3-5-13(14)7-8-17(22)27-18/h3-10,23,27,29H,11-12H2,1-2H3. The highest BCUT2D eigenvalue weighted by molar-refractivity contribution is 6.32. The molecule has 0 aromatic heterocycles. The number of nitro benzene ring substituents is 1. The zero-order chi connectivity index (χ0) is 22.8. The minimum absolute atomic E-state index is 0.000807. The SMILES string of the molecule is CC1(C)CC(=O)C2=C(C1)Nc1ccc3ccccc3c1C2c1cc([N+](=O)[O-])c(O)cc1Cl. The molecular weight excluding hydrogens is 428 g/mol. The van der Waals surface area contributed by atoms with E-state index in [1.54, 1.807) is 0 Å². The van der Waals surface area contributed by atoms with Crippen LogP contribution in [0.15, 0.2) is 59.8 Å². The number of carbonyl (C=O) groups is 1. The molecule has 0 saturated heterocycles. The molecule has 0 bridgehead atoms. The number of ketones is 1. The number of benzene rings is 3. The maximum atomic E-state index is 13.4. The minimum Gasteiger partial charge on any atom is -0.502 e. The summed E-state index contributed by atoms with van der Waals surface area (Å²) >= 11 is 6.56. The molecule has 3 aromatic rings. The van der Waals surface area contributed by atoms with Gasteiger partial charge in [-0.3, -0.25) is 14.9 Å². The van der Waals surface area contributed by atoms with Crippen LogP contribution in [0.25, 0.3) is 10.8 Å². The lowest BCUT2D eigenvalue weighted by Gasteiger charge is -2.40. The van der Waals surface area contributed by atoms with Crippen molar-refractivity contribution in [2.24, 2.45) is 5.41 Å². The number of halogens is 1. The van der Waals surface area contributed by atoms with Crippen molar-refractivity contribution in [3.63, 3.8) is 0 Å². The molecule has 1 unspecified atom stereocenters. The lowest BCUT2D eigenvalue weighted by atomic mass is 9.68. The van der Waals surface area contributed by atoms with Crippen molar-refractivity contribution >= 4 is 39.5 Å². The number of hydrogen-bond acceptors (Lipinski definition) is 5. The quantitative estimate of drug-likeness (QED) is 0.354. The second kappa shape index (κ2) is 7.07. The van der Waals surface area contributed by atoms with E-state index in [1.165, 1.54) is 12.1 Å². The van der Waals surface area contributed by atoms with Crippen LogP contribution in [0.1, 0.15) is 43.7 Å². The monoisotopic (exact) mass is 448 g/mol. The number of fused-ring (bicyclic) bond motifs is 3. The molecule has 3 aromatic carbocycles. The predicted molar refractivity (Wildman–Crippen MR) is 124 cm³/mol. The first kappa shape index (κ1) is 20.5. The molecule has 6 nitrogen and oxygen atoms in total. The highest BCUT2D eigenvalue weighted by Gasteiger charge is 2.42. The number of nitrogens with zero attached hydrogens (tertiary/aromatic N) is 1. The van der Waals surface area contributed by atoms with Crippen molar-refractivity contribution in [1.82, 2.24) is 0 Å². The number of allylic oxidation sites excluding steroid dienone is 2. The molecule has 0 radical (unpaired) electrons. The number of phenols is 1. The van der Waals surface area contributed by atoms with Gasteiger partial charge >= 0.3 is 5.69 Å². The molecule has 1 atom stereocenters. The van der Waals surface area contributed by atoms with Crippen LogP contribution in [0.3, 0.4) is 0 Å². The van der Waals surface area contributed by atoms with Crippen molar-refractivity contribution in [2.75, 3.05) is 5.32 Å². The number of Topliss-reactive ketones (excluding diaryl/α,β-unsaturated/α-hetero) is 1. The number of aromatic hydroxyl groups is 1. The molecule has 162 valence electrons. The van der Waals surface area contributed by atoms with Gasteiger partial charge in [0.15, 0.2) is 11.5 Å². The third-order valence-electron chi connectivity index (χ3n) is 6.36. The lowest BCUT2D eigenvalue weighted by molar-refractivity contribution is -0.385. The summed E-state index contributed by atoms with van der Waals surface area (Å²) in [6, 6.07) is 14.3. The molecule has 1 heterocycles. The zero-order valence-electron chi connectivity index (χ0n) is 17.6. The summed E-state index contributed by atoms with van der Waals surface area (Å²) in [5, 5.41) is 27.3. The van der Waals surface area contributed by atoms with Gasteiger partial charge in [0.2, 0.25) is 0 Å². The molecule has 0 spiro atoms. The van der Waals surface area contributed by atoms with Gasteiger partial charge in [0, 0.05) is 46.5 Å². The van der Waals surface area contributed by atoms with Crippen LogP contribution in [0.5, 0.6) is 5.75 Å². The van der Waals surface area contributed by atoms with Crippen molar-refractivity contribution in [3.05, 3.63) is 86.1 Å². The summed E-state index contributed by atoms with van der Waals surface area (Å²) in [6.07, 6.45) is 1.05. The Bertz CT molecular complexity index is 1360. The van der Waals surface area contributed by atoms with Gasteiger partial charge in [-0.2, -0.15) is 0 Å². The average molecular weight is 449 g/mol. The molecule has 5 rings (SSSR count). The van der Waals surface area contributed by atoms with Gasteiger partial charge in [0.25, 0.3) is 0 Å². The number of nitro groups is 1. The first-order chi connectivity index (χ1) is 15.2. The maximum absolute atomic E-state index is 13.4. The van der Waals surface area contributed by atoms with E-state index in [9.17, 15) is 20.0 Å². The number of anilines is 1. The van der Waals surface area contributed by atoms with Gasteiger partial charge in [-0.1, -0.05) is 55.8 Å². The Balaban J connectivity index is 1.86. The number of phenolic OH excluding ortho intramolecular Hbond substituents is 1. The molecule has 2 N–H and O–H groups in total. The van der Waals surface area contributed by atoms with E-state index in [4.69, 9.17) is 11.6 Å². The summed E-state index contributed by atoms with van der Waals surface area (Å²) in [5.74, 6) is -1.08. The summed E-state index contributed by atoms with van der Waals surface area (Å²) in [5.41, 5.74) is 2.93. The van der Waals surface area contributed by atoms with E-state index in [-0.39, 0.29) is 16.2 Å². The molecule has 2 aliphatic rings. The van der Waals surface area contributed by atoms with Crippen LogP contribution >= 0.6 is 11.6 Å². The van der Waals surface area contributed by atoms with Gasteiger partial charge in [-0.25, -0.2) is 0 Å². The van der Waals surface area contributed by atoms with E-state index >= 15 is 0 Å². The average Bonchev–Trinajstić information content (AvgIpc) is 2.71. The highest BCUT2D eigenvalue weighted by atomic mass is 35.5. The van der Waals surface area contributed by atoms with Crippen molar-refractivity contribution in [2.45, 2.75) is 32.6 Å². The van der Waals surface area contributed by atoms with Gasteiger partial charge in [0.1, 0.15) is 0 Å². The number of carbonyl (C=O) groups excluding carboxylic acids is 1. The maximum Gasteiger partial charge on any atom is 0.311 e. The van der Waals surface area contributed by atoms with Crippen molar-refractivity contribution in [1.29, 1.82) is 0 Å². The number of nitrogens with one attached hydrogen (secondary N) is 1. The third-order valence-corrected chi connectivity index (χ3v) is 6.68. The van der Waals surface area contributed by atoms with Crippen LogP contribution in [0.2, 0.25) is 5.02 Å². The lowest BCUT2D eigenvalue weighted by Crippen LogP contribution is -2.34. The molecular formula is C25H21ClN2O4. The fraction of sp³-hybridized carbons (Fsp3) is 0.240. The van der Waals surface area contributed by atoms with Crippen LogP contribution < -0.4 is 5.32 Å². The summed E-state index contributed by atoms with van der Waals surface area (Å²) in [7, 11) is 0. The highest BCUT2D eigenvalue weighted by Crippen LogP contribution is 2.52. The van der Waals surface area contributed by atoms with E-state index in [0.29, 0.717) is 24.0 Å². The molecule has 1 aliphatic carbocycles. The molecule has 7 heteroatoms. The number of rotatable bonds is 2. The van der Waals surface area contributed by atoms with Crippen LogP contribution in [-0.4, -0.2) is 15.8 Å². The Kier molecular flexibility index (Phi) is 4.53. The molecule has 32 heavy (non-hydrogen) atoms. The Hall–Kier alpha value is -3.38. The fourth-order valence-corrected chi connectivity index (χ4v) is 5.32.